The zero-order valence-electron chi connectivity index (χ0n) is 14.4. The van der Waals surface area contributed by atoms with Crippen LogP contribution in [0.1, 0.15) is 29.2 Å². The second kappa shape index (κ2) is 7.08. The van der Waals surface area contributed by atoms with Crippen LogP contribution in [-0.2, 0) is 11.3 Å². The Hall–Kier alpha value is -2.65. The Morgan fingerprint density at radius 1 is 1.00 bits per heavy atom. The third-order valence-electron chi connectivity index (χ3n) is 4.71. The molecule has 3 aromatic rings. The van der Waals surface area contributed by atoms with E-state index in [1.165, 1.54) is 16.7 Å². The summed E-state index contributed by atoms with van der Waals surface area (Å²) in [6.07, 6.45) is 5.74. The highest BCUT2D eigenvalue weighted by Gasteiger charge is 2.34. The van der Waals surface area contributed by atoms with E-state index in [-0.39, 0.29) is 12.1 Å². The fraction of sp³-hybridized carbons (Fsp3) is 0.227. The number of anilines is 1. The van der Waals surface area contributed by atoms with E-state index in [0.29, 0.717) is 0 Å². The minimum atomic E-state index is 0.0856. The van der Waals surface area contributed by atoms with Crippen LogP contribution in [0.15, 0.2) is 79.1 Å². The standard InChI is InChI=1S/C22H22N2O/c1-17-9-11-19(12-10-17)22-15-21(14-18-6-5-13-23-16-18)24(25-22)20-7-3-2-4-8-20/h2-13,16,21-22H,14-15H2,1H3/t21-,22-/m1/s1. The van der Waals surface area contributed by atoms with Gasteiger partial charge in [0.05, 0.1) is 11.7 Å². The van der Waals surface area contributed by atoms with Gasteiger partial charge in [0.15, 0.2) is 0 Å². The predicted octanol–water partition coefficient (Wildman–Crippen LogP) is 4.88. The normalized spacial score (nSPS) is 20.0. The van der Waals surface area contributed by atoms with Crippen LogP contribution >= 0.6 is 0 Å². The molecule has 0 unspecified atom stereocenters. The monoisotopic (exact) mass is 330 g/mol. The van der Waals surface area contributed by atoms with Gasteiger partial charge in [-0.25, -0.2) is 0 Å². The molecule has 1 aliphatic heterocycles. The van der Waals surface area contributed by atoms with Gasteiger partial charge in [-0.05, 0) is 42.7 Å². The van der Waals surface area contributed by atoms with Crippen LogP contribution in [0.25, 0.3) is 0 Å². The van der Waals surface area contributed by atoms with E-state index < -0.39 is 0 Å². The zero-order valence-corrected chi connectivity index (χ0v) is 14.4. The van der Waals surface area contributed by atoms with Crippen molar-refractivity contribution in [2.45, 2.75) is 31.9 Å². The quantitative estimate of drug-likeness (QED) is 0.681. The van der Waals surface area contributed by atoms with Crippen molar-refractivity contribution < 1.29 is 4.84 Å². The molecule has 0 amide bonds. The van der Waals surface area contributed by atoms with Crippen molar-refractivity contribution in [3.05, 3.63) is 95.8 Å². The van der Waals surface area contributed by atoms with Crippen molar-refractivity contribution in [1.82, 2.24) is 4.98 Å². The maximum atomic E-state index is 6.37. The molecule has 0 saturated carbocycles. The smallest absolute Gasteiger partial charge is 0.113 e. The molecule has 1 aliphatic rings. The van der Waals surface area contributed by atoms with Crippen LogP contribution in [0.3, 0.4) is 0 Å². The van der Waals surface area contributed by atoms with E-state index in [0.717, 1.165) is 18.5 Å². The molecule has 1 saturated heterocycles. The van der Waals surface area contributed by atoms with Crippen molar-refractivity contribution in [2.24, 2.45) is 0 Å². The largest absolute Gasteiger partial charge is 0.265 e. The van der Waals surface area contributed by atoms with Gasteiger partial charge in [0, 0.05) is 18.8 Å². The number of para-hydroxylation sites is 1. The van der Waals surface area contributed by atoms with Gasteiger partial charge < -0.3 is 0 Å². The van der Waals surface area contributed by atoms with Gasteiger partial charge >= 0.3 is 0 Å². The number of hydrogen-bond acceptors (Lipinski definition) is 3. The van der Waals surface area contributed by atoms with Crippen molar-refractivity contribution in [3.8, 4) is 0 Å². The molecule has 0 radical (unpaired) electrons. The molecule has 3 nitrogen and oxygen atoms in total. The summed E-state index contributed by atoms with van der Waals surface area (Å²) in [6, 6.07) is 23.4. The first-order valence-electron chi connectivity index (χ1n) is 8.76. The zero-order chi connectivity index (χ0) is 17.1. The minimum absolute atomic E-state index is 0.0856. The lowest BCUT2D eigenvalue weighted by atomic mass is 9.98. The number of hydrogen-bond donors (Lipinski definition) is 0. The van der Waals surface area contributed by atoms with Crippen LogP contribution in [0.4, 0.5) is 5.69 Å². The number of rotatable bonds is 4. The third-order valence-corrected chi connectivity index (χ3v) is 4.71. The molecule has 1 aromatic heterocycles. The SMILES string of the molecule is Cc1ccc([C@H]2C[C@@H](Cc3cccnc3)N(c3ccccc3)O2)cc1. The van der Waals surface area contributed by atoms with Crippen molar-refractivity contribution >= 4 is 5.69 Å². The summed E-state index contributed by atoms with van der Waals surface area (Å²) in [5.41, 5.74) is 4.85. The number of aryl methyl sites for hydroxylation is 1. The van der Waals surface area contributed by atoms with E-state index >= 15 is 0 Å². The van der Waals surface area contributed by atoms with Crippen LogP contribution < -0.4 is 5.06 Å². The third kappa shape index (κ3) is 3.57. The van der Waals surface area contributed by atoms with E-state index in [1.54, 1.807) is 0 Å². The van der Waals surface area contributed by atoms with Crippen molar-refractivity contribution in [1.29, 1.82) is 0 Å². The summed E-state index contributed by atoms with van der Waals surface area (Å²) in [6.45, 7) is 2.11. The van der Waals surface area contributed by atoms with Crippen LogP contribution in [0.5, 0.6) is 0 Å². The highest BCUT2D eigenvalue weighted by atomic mass is 16.7. The summed E-state index contributed by atoms with van der Waals surface area (Å²) in [5.74, 6) is 0. The molecule has 0 spiro atoms. The number of benzene rings is 2. The van der Waals surface area contributed by atoms with Gasteiger partial charge in [-0.15, -0.1) is 0 Å². The number of aromatic nitrogens is 1. The molecule has 4 rings (SSSR count). The van der Waals surface area contributed by atoms with E-state index in [9.17, 15) is 0 Å². The topological polar surface area (TPSA) is 25.4 Å². The molecule has 0 aliphatic carbocycles. The molecular formula is C22H22N2O. The Morgan fingerprint density at radius 2 is 1.80 bits per heavy atom. The average Bonchev–Trinajstić information content (AvgIpc) is 3.08. The van der Waals surface area contributed by atoms with Crippen LogP contribution in [-0.4, -0.2) is 11.0 Å². The van der Waals surface area contributed by atoms with Gasteiger partial charge in [0.25, 0.3) is 0 Å². The maximum Gasteiger partial charge on any atom is 0.113 e. The second-order valence-electron chi connectivity index (χ2n) is 6.62. The Kier molecular flexibility index (Phi) is 4.49. The van der Waals surface area contributed by atoms with Crippen molar-refractivity contribution in [2.75, 3.05) is 5.06 Å². The first-order chi connectivity index (χ1) is 12.3. The lowest BCUT2D eigenvalue weighted by Crippen LogP contribution is -2.29. The van der Waals surface area contributed by atoms with Gasteiger partial charge in [0.2, 0.25) is 0 Å². The number of pyridine rings is 1. The molecular weight excluding hydrogens is 308 g/mol. The van der Waals surface area contributed by atoms with Crippen LogP contribution in [0, 0.1) is 6.92 Å². The molecule has 0 bridgehead atoms. The van der Waals surface area contributed by atoms with Crippen LogP contribution in [0.2, 0.25) is 0 Å². The minimum Gasteiger partial charge on any atom is -0.265 e. The molecule has 25 heavy (non-hydrogen) atoms. The predicted molar refractivity (Wildman–Crippen MR) is 100 cm³/mol. The number of hydroxylamine groups is 1. The fourth-order valence-electron chi connectivity index (χ4n) is 3.39. The van der Waals surface area contributed by atoms with E-state index in [1.807, 2.05) is 24.5 Å². The highest BCUT2D eigenvalue weighted by molar-refractivity contribution is 5.46. The molecule has 1 fully saturated rings. The maximum absolute atomic E-state index is 6.37. The Bertz CT molecular complexity index is 802. The lowest BCUT2D eigenvalue weighted by Gasteiger charge is -2.24. The highest BCUT2D eigenvalue weighted by Crippen LogP contribution is 2.37. The molecule has 3 heteroatoms. The first-order valence-corrected chi connectivity index (χ1v) is 8.76. The second-order valence-corrected chi connectivity index (χ2v) is 6.62. The molecule has 2 aromatic carbocycles. The Morgan fingerprint density at radius 3 is 2.52 bits per heavy atom. The lowest BCUT2D eigenvalue weighted by molar-refractivity contribution is 0.0836. The van der Waals surface area contributed by atoms with Gasteiger partial charge in [-0.3, -0.25) is 14.9 Å². The molecule has 2 heterocycles. The number of nitrogens with zero attached hydrogens (tertiary/aromatic N) is 2. The summed E-state index contributed by atoms with van der Waals surface area (Å²) < 4.78 is 0. The Labute approximate surface area is 148 Å². The summed E-state index contributed by atoms with van der Waals surface area (Å²) >= 11 is 0. The van der Waals surface area contributed by atoms with Gasteiger partial charge in [-0.1, -0.05) is 54.1 Å². The molecule has 126 valence electrons. The summed E-state index contributed by atoms with van der Waals surface area (Å²) in [7, 11) is 0. The summed E-state index contributed by atoms with van der Waals surface area (Å²) in [5, 5.41) is 2.08. The van der Waals surface area contributed by atoms with Gasteiger partial charge in [0.1, 0.15) is 6.10 Å². The molecule has 2 atom stereocenters. The Balaban J connectivity index is 1.61. The molecule has 0 N–H and O–H groups in total. The average molecular weight is 330 g/mol. The fourth-order valence-corrected chi connectivity index (χ4v) is 3.39. The van der Waals surface area contributed by atoms with E-state index in [2.05, 4.69) is 71.6 Å². The van der Waals surface area contributed by atoms with E-state index in [4.69, 9.17) is 4.84 Å². The first kappa shape index (κ1) is 15.9. The summed E-state index contributed by atoms with van der Waals surface area (Å²) in [4.78, 5) is 10.6. The van der Waals surface area contributed by atoms with Gasteiger partial charge in [-0.2, -0.15) is 0 Å². The van der Waals surface area contributed by atoms with Crippen molar-refractivity contribution in [3.63, 3.8) is 0 Å².